The molecule has 0 spiro atoms. The maximum Gasteiger partial charge on any atom is 0.219 e. The molecule has 1 aromatic rings. The van der Waals surface area contributed by atoms with Gasteiger partial charge in [-0.1, -0.05) is 6.07 Å². The van der Waals surface area contributed by atoms with Gasteiger partial charge < -0.3 is 15.0 Å². The molecule has 4 nitrogen and oxygen atoms in total. The van der Waals surface area contributed by atoms with Crippen molar-refractivity contribution in [3.63, 3.8) is 0 Å². The molecule has 2 rings (SSSR count). The zero-order valence-electron chi connectivity index (χ0n) is 11.0. The summed E-state index contributed by atoms with van der Waals surface area (Å²) in [5, 5.41) is 3.50. The Morgan fingerprint density at radius 2 is 2.11 bits per heavy atom. The molecule has 1 saturated heterocycles. The van der Waals surface area contributed by atoms with E-state index in [1.165, 1.54) is 0 Å². The minimum Gasteiger partial charge on any atom is -0.497 e. The van der Waals surface area contributed by atoms with Crippen LogP contribution in [0.1, 0.15) is 19.8 Å². The Kier molecular flexibility index (Phi) is 4.07. The zero-order valence-corrected chi connectivity index (χ0v) is 11.0. The molecule has 0 bridgehead atoms. The topological polar surface area (TPSA) is 41.6 Å². The molecular formula is C14H20N2O2. The first-order valence-corrected chi connectivity index (χ1v) is 6.35. The van der Waals surface area contributed by atoms with Gasteiger partial charge in [0.2, 0.25) is 5.91 Å². The van der Waals surface area contributed by atoms with Crippen molar-refractivity contribution in [2.45, 2.75) is 25.8 Å². The summed E-state index contributed by atoms with van der Waals surface area (Å²) in [6.07, 6.45) is 1.99. The summed E-state index contributed by atoms with van der Waals surface area (Å²) in [6.45, 7) is 3.32. The largest absolute Gasteiger partial charge is 0.497 e. The van der Waals surface area contributed by atoms with Crippen LogP contribution in [-0.2, 0) is 4.79 Å². The normalized spacial score (nSPS) is 16.4. The Balaban J connectivity index is 1.89. The van der Waals surface area contributed by atoms with Crippen molar-refractivity contribution in [2.75, 3.05) is 25.5 Å². The molecule has 18 heavy (non-hydrogen) atoms. The predicted octanol–water partition coefficient (Wildman–Crippen LogP) is 2.12. The first-order valence-electron chi connectivity index (χ1n) is 6.35. The zero-order chi connectivity index (χ0) is 13.0. The fourth-order valence-corrected chi connectivity index (χ4v) is 2.29. The van der Waals surface area contributed by atoms with Crippen LogP contribution in [0, 0.1) is 0 Å². The molecule has 0 unspecified atom stereocenters. The van der Waals surface area contributed by atoms with Crippen molar-refractivity contribution in [3.8, 4) is 5.75 Å². The summed E-state index contributed by atoms with van der Waals surface area (Å²) in [7, 11) is 1.67. The predicted molar refractivity (Wildman–Crippen MR) is 71.9 cm³/mol. The number of hydrogen-bond acceptors (Lipinski definition) is 3. The van der Waals surface area contributed by atoms with Gasteiger partial charge in [-0.2, -0.15) is 0 Å². The monoisotopic (exact) mass is 248 g/mol. The van der Waals surface area contributed by atoms with E-state index in [4.69, 9.17) is 4.74 Å². The highest BCUT2D eigenvalue weighted by molar-refractivity contribution is 5.73. The van der Waals surface area contributed by atoms with Crippen LogP contribution in [0.4, 0.5) is 5.69 Å². The standard InChI is InChI=1S/C14H20N2O2/c1-11(17)16-8-6-12(7-9-16)15-13-4-3-5-14(10-13)18-2/h3-5,10,12,15H,6-9H2,1-2H3. The number of rotatable bonds is 3. The number of benzene rings is 1. The molecule has 1 aliphatic rings. The molecule has 4 heteroatoms. The van der Waals surface area contributed by atoms with Crippen molar-refractivity contribution >= 4 is 11.6 Å². The quantitative estimate of drug-likeness (QED) is 0.891. The Labute approximate surface area is 108 Å². The van der Waals surface area contributed by atoms with E-state index in [9.17, 15) is 4.79 Å². The Hall–Kier alpha value is -1.71. The van der Waals surface area contributed by atoms with Crippen LogP contribution in [0.2, 0.25) is 0 Å². The van der Waals surface area contributed by atoms with Gasteiger partial charge in [-0.05, 0) is 25.0 Å². The molecule has 0 atom stereocenters. The molecule has 0 aliphatic carbocycles. The summed E-state index contributed by atoms with van der Waals surface area (Å²) in [6, 6.07) is 8.39. The molecule has 1 amide bonds. The van der Waals surface area contributed by atoms with Gasteiger partial charge in [0.1, 0.15) is 5.75 Å². The molecule has 1 aromatic carbocycles. The molecule has 0 radical (unpaired) electrons. The molecule has 0 saturated carbocycles. The molecule has 0 aromatic heterocycles. The molecule has 1 fully saturated rings. The Morgan fingerprint density at radius 3 is 2.72 bits per heavy atom. The lowest BCUT2D eigenvalue weighted by molar-refractivity contribution is -0.129. The molecule has 98 valence electrons. The molecule has 1 N–H and O–H groups in total. The number of hydrogen-bond donors (Lipinski definition) is 1. The van der Waals surface area contributed by atoms with Gasteiger partial charge >= 0.3 is 0 Å². The number of carbonyl (C=O) groups is 1. The van der Waals surface area contributed by atoms with Crippen LogP contribution in [0.25, 0.3) is 0 Å². The summed E-state index contributed by atoms with van der Waals surface area (Å²) < 4.78 is 5.20. The van der Waals surface area contributed by atoms with Gasteiger partial charge in [0.05, 0.1) is 7.11 Å². The number of carbonyl (C=O) groups excluding carboxylic acids is 1. The van der Waals surface area contributed by atoms with Crippen LogP contribution >= 0.6 is 0 Å². The number of nitrogens with one attached hydrogen (secondary N) is 1. The summed E-state index contributed by atoms with van der Waals surface area (Å²) in [5.74, 6) is 1.04. The van der Waals surface area contributed by atoms with Crippen LogP contribution in [0.5, 0.6) is 5.75 Å². The van der Waals surface area contributed by atoms with Gasteiger partial charge in [0.25, 0.3) is 0 Å². The number of likely N-dealkylation sites (tertiary alicyclic amines) is 1. The lowest BCUT2D eigenvalue weighted by atomic mass is 10.0. The van der Waals surface area contributed by atoms with Crippen molar-refractivity contribution < 1.29 is 9.53 Å². The van der Waals surface area contributed by atoms with E-state index in [-0.39, 0.29) is 5.91 Å². The highest BCUT2D eigenvalue weighted by Crippen LogP contribution is 2.20. The maximum absolute atomic E-state index is 11.2. The van der Waals surface area contributed by atoms with E-state index in [0.717, 1.165) is 37.4 Å². The number of amides is 1. The van der Waals surface area contributed by atoms with Crippen LogP contribution in [-0.4, -0.2) is 37.0 Å². The summed E-state index contributed by atoms with van der Waals surface area (Å²) >= 11 is 0. The van der Waals surface area contributed by atoms with Crippen molar-refractivity contribution in [2.24, 2.45) is 0 Å². The Bertz CT molecular complexity index is 412. The van der Waals surface area contributed by atoms with E-state index >= 15 is 0 Å². The van der Waals surface area contributed by atoms with Gasteiger partial charge in [-0.25, -0.2) is 0 Å². The lowest BCUT2D eigenvalue weighted by Crippen LogP contribution is -2.41. The third-order valence-electron chi connectivity index (χ3n) is 3.38. The number of nitrogens with zero attached hydrogens (tertiary/aromatic N) is 1. The SMILES string of the molecule is COc1cccc(NC2CCN(C(C)=O)CC2)c1. The molecule has 1 heterocycles. The maximum atomic E-state index is 11.2. The van der Waals surface area contributed by atoms with Crippen molar-refractivity contribution in [1.29, 1.82) is 0 Å². The van der Waals surface area contributed by atoms with Crippen LogP contribution in [0.3, 0.4) is 0 Å². The first-order chi connectivity index (χ1) is 8.69. The third kappa shape index (κ3) is 3.15. The van der Waals surface area contributed by atoms with E-state index in [0.29, 0.717) is 6.04 Å². The first kappa shape index (κ1) is 12.7. The van der Waals surface area contributed by atoms with Gasteiger partial charge in [-0.15, -0.1) is 0 Å². The summed E-state index contributed by atoms with van der Waals surface area (Å²) in [4.78, 5) is 13.1. The molecular weight excluding hydrogens is 228 g/mol. The average molecular weight is 248 g/mol. The highest BCUT2D eigenvalue weighted by atomic mass is 16.5. The van der Waals surface area contributed by atoms with Crippen LogP contribution in [0.15, 0.2) is 24.3 Å². The number of ether oxygens (including phenoxy) is 1. The second kappa shape index (κ2) is 5.76. The fraction of sp³-hybridized carbons (Fsp3) is 0.500. The Morgan fingerprint density at radius 1 is 1.39 bits per heavy atom. The van der Waals surface area contributed by atoms with Crippen LogP contribution < -0.4 is 10.1 Å². The third-order valence-corrected chi connectivity index (χ3v) is 3.38. The average Bonchev–Trinajstić information content (AvgIpc) is 2.39. The van der Waals surface area contributed by atoms with Gasteiger partial charge in [0, 0.05) is 37.8 Å². The number of piperidine rings is 1. The van der Waals surface area contributed by atoms with E-state index in [1.807, 2.05) is 29.2 Å². The second-order valence-electron chi connectivity index (χ2n) is 4.66. The second-order valence-corrected chi connectivity index (χ2v) is 4.66. The van der Waals surface area contributed by atoms with E-state index < -0.39 is 0 Å². The minimum atomic E-state index is 0.176. The number of methoxy groups -OCH3 is 1. The van der Waals surface area contributed by atoms with E-state index in [2.05, 4.69) is 5.32 Å². The summed E-state index contributed by atoms with van der Waals surface area (Å²) in [5.41, 5.74) is 1.08. The number of anilines is 1. The minimum absolute atomic E-state index is 0.176. The lowest BCUT2D eigenvalue weighted by Gasteiger charge is -2.32. The molecule has 1 aliphatic heterocycles. The van der Waals surface area contributed by atoms with Crippen molar-refractivity contribution in [3.05, 3.63) is 24.3 Å². The van der Waals surface area contributed by atoms with Gasteiger partial charge in [0.15, 0.2) is 0 Å². The highest BCUT2D eigenvalue weighted by Gasteiger charge is 2.20. The fourth-order valence-electron chi connectivity index (χ4n) is 2.29. The van der Waals surface area contributed by atoms with E-state index in [1.54, 1.807) is 14.0 Å². The van der Waals surface area contributed by atoms with Gasteiger partial charge in [-0.3, -0.25) is 4.79 Å². The van der Waals surface area contributed by atoms with Crippen molar-refractivity contribution in [1.82, 2.24) is 4.90 Å². The smallest absolute Gasteiger partial charge is 0.219 e.